The third-order valence-corrected chi connectivity index (χ3v) is 8.87. The quantitative estimate of drug-likeness (QED) is 0.739. The van der Waals surface area contributed by atoms with E-state index in [-0.39, 0.29) is 11.3 Å². The topological polar surface area (TPSA) is 66.8 Å². The van der Waals surface area contributed by atoms with E-state index >= 15 is 0 Å². The lowest BCUT2D eigenvalue weighted by molar-refractivity contribution is -0.132. The van der Waals surface area contributed by atoms with Crippen LogP contribution < -0.4 is 0 Å². The van der Waals surface area contributed by atoms with Crippen LogP contribution in [0.5, 0.6) is 0 Å². The van der Waals surface area contributed by atoms with Gasteiger partial charge in [0.25, 0.3) is 0 Å². The molecule has 5 aliphatic carbocycles. The highest BCUT2D eigenvalue weighted by atomic mass is 16.5. The Labute approximate surface area is 161 Å². The molecule has 0 radical (unpaired) electrons. The first kappa shape index (κ1) is 17.5. The lowest BCUT2D eigenvalue weighted by atomic mass is 9.50. The Morgan fingerprint density at radius 1 is 1.30 bits per heavy atom. The zero-order chi connectivity index (χ0) is 19.0. The maximum atomic E-state index is 11.6. The van der Waals surface area contributed by atoms with E-state index in [1.165, 1.54) is 18.1 Å². The van der Waals surface area contributed by atoms with Gasteiger partial charge in [0.15, 0.2) is 0 Å². The summed E-state index contributed by atoms with van der Waals surface area (Å²) < 4.78 is 5.49. The van der Waals surface area contributed by atoms with Gasteiger partial charge in [0.2, 0.25) is 0 Å². The van der Waals surface area contributed by atoms with Gasteiger partial charge in [-0.3, -0.25) is 0 Å². The monoisotopic (exact) mass is 370 g/mol. The van der Waals surface area contributed by atoms with Crippen LogP contribution in [0, 0.1) is 40.9 Å². The zero-order valence-corrected chi connectivity index (χ0v) is 16.2. The number of fused-ring (bicyclic) bond motifs is 7. The molecule has 27 heavy (non-hydrogen) atoms. The second-order valence-electron chi connectivity index (χ2n) is 9.71. The third-order valence-electron chi connectivity index (χ3n) is 8.87. The first-order chi connectivity index (χ1) is 12.9. The van der Waals surface area contributed by atoms with E-state index in [1.54, 1.807) is 13.2 Å². The normalized spacial score (nSPS) is 50.0. The van der Waals surface area contributed by atoms with E-state index in [0.717, 1.165) is 37.9 Å². The van der Waals surface area contributed by atoms with Crippen LogP contribution in [0.2, 0.25) is 0 Å². The van der Waals surface area contributed by atoms with Gasteiger partial charge in [-0.05, 0) is 85.3 Å². The lowest BCUT2D eigenvalue weighted by Crippen LogP contribution is -2.54. The maximum Gasteiger partial charge on any atom is 0.328 e. The minimum absolute atomic E-state index is 0.193. The molecule has 8 atom stereocenters. The number of aliphatic hydroxyl groups is 1. The molecule has 0 aliphatic heterocycles. The Hall–Kier alpha value is -1.55. The van der Waals surface area contributed by atoms with E-state index in [4.69, 9.17) is 9.84 Å². The Bertz CT molecular complexity index is 764. The summed E-state index contributed by atoms with van der Waals surface area (Å²) in [6, 6.07) is 0. The van der Waals surface area contributed by atoms with Gasteiger partial charge in [-0.1, -0.05) is 13.0 Å². The second kappa shape index (κ2) is 5.73. The van der Waals surface area contributed by atoms with Gasteiger partial charge < -0.3 is 14.9 Å². The van der Waals surface area contributed by atoms with E-state index in [9.17, 15) is 9.90 Å². The highest BCUT2D eigenvalue weighted by Crippen LogP contribution is 2.75. The van der Waals surface area contributed by atoms with Gasteiger partial charge in [0.1, 0.15) is 0 Å². The molecule has 2 N–H and O–H groups in total. The molecule has 0 amide bonds. The number of carboxylic acids is 1. The highest BCUT2D eigenvalue weighted by molar-refractivity contribution is 5.80. The molecule has 0 bridgehead atoms. The molecular formula is C23H30O4. The number of methoxy groups -OCH3 is 1. The summed E-state index contributed by atoms with van der Waals surface area (Å²) in [5, 5.41) is 20.7. The fourth-order valence-electron chi connectivity index (χ4n) is 7.65. The van der Waals surface area contributed by atoms with Crippen LogP contribution in [0.15, 0.2) is 35.6 Å². The Balaban J connectivity index is 1.48. The van der Waals surface area contributed by atoms with Crippen LogP contribution >= 0.6 is 0 Å². The molecule has 0 saturated heterocycles. The zero-order valence-electron chi connectivity index (χ0n) is 16.2. The van der Waals surface area contributed by atoms with Crippen molar-refractivity contribution in [1.82, 2.24) is 0 Å². The van der Waals surface area contributed by atoms with E-state index in [1.807, 2.05) is 0 Å². The van der Waals surface area contributed by atoms with Gasteiger partial charge in [-0.2, -0.15) is 0 Å². The average molecular weight is 370 g/mol. The number of allylic oxidation sites excluding steroid dienone is 4. The van der Waals surface area contributed by atoms with Crippen molar-refractivity contribution in [3.05, 3.63) is 35.6 Å². The molecule has 4 nitrogen and oxygen atoms in total. The number of carbonyl (C=O) groups is 1. The molecule has 3 saturated carbocycles. The van der Waals surface area contributed by atoms with Crippen LogP contribution in [0.1, 0.15) is 45.4 Å². The predicted octanol–water partition coefficient (Wildman–Crippen LogP) is 3.93. The molecular weight excluding hydrogens is 340 g/mol. The third kappa shape index (κ3) is 2.28. The molecule has 0 aromatic rings. The van der Waals surface area contributed by atoms with Gasteiger partial charge in [-0.25, -0.2) is 4.79 Å². The van der Waals surface area contributed by atoms with Crippen LogP contribution in [-0.2, 0) is 9.53 Å². The smallest absolute Gasteiger partial charge is 0.328 e. The molecule has 0 heterocycles. The van der Waals surface area contributed by atoms with E-state index in [0.29, 0.717) is 29.6 Å². The summed E-state index contributed by atoms with van der Waals surface area (Å²) in [5.74, 6) is 3.42. The minimum atomic E-state index is -0.963. The van der Waals surface area contributed by atoms with E-state index in [2.05, 4.69) is 19.1 Å². The van der Waals surface area contributed by atoms with Crippen molar-refractivity contribution in [3.63, 3.8) is 0 Å². The Morgan fingerprint density at radius 3 is 2.85 bits per heavy atom. The van der Waals surface area contributed by atoms with Crippen molar-refractivity contribution in [1.29, 1.82) is 0 Å². The van der Waals surface area contributed by atoms with Crippen molar-refractivity contribution in [2.75, 3.05) is 7.11 Å². The number of carboxylic acid groups (broad SMARTS) is 1. The van der Waals surface area contributed by atoms with Gasteiger partial charge in [0, 0.05) is 17.9 Å². The van der Waals surface area contributed by atoms with Crippen molar-refractivity contribution in [3.8, 4) is 0 Å². The van der Waals surface area contributed by atoms with Crippen molar-refractivity contribution in [2.24, 2.45) is 40.9 Å². The second-order valence-corrected chi connectivity index (χ2v) is 9.71. The Morgan fingerprint density at radius 2 is 2.11 bits per heavy atom. The molecule has 0 aromatic carbocycles. The number of ether oxygens (including phenoxy) is 1. The summed E-state index contributed by atoms with van der Waals surface area (Å²) in [4.78, 5) is 11.1. The molecule has 146 valence electrons. The van der Waals surface area contributed by atoms with E-state index < -0.39 is 11.6 Å². The molecule has 3 fully saturated rings. The van der Waals surface area contributed by atoms with Crippen molar-refractivity contribution >= 4 is 5.97 Å². The van der Waals surface area contributed by atoms with Crippen molar-refractivity contribution < 1.29 is 19.7 Å². The van der Waals surface area contributed by atoms with Gasteiger partial charge >= 0.3 is 5.97 Å². The number of rotatable bonds is 3. The summed E-state index contributed by atoms with van der Waals surface area (Å²) in [7, 11) is 1.77. The van der Waals surface area contributed by atoms with Crippen LogP contribution in [0.25, 0.3) is 0 Å². The highest BCUT2D eigenvalue weighted by Gasteiger charge is 2.74. The molecule has 4 heteroatoms. The molecule has 0 unspecified atom stereocenters. The van der Waals surface area contributed by atoms with Crippen LogP contribution in [-0.4, -0.2) is 28.9 Å². The first-order valence-corrected chi connectivity index (χ1v) is 10.5. The van der Waals surface area contributed by atoms with Crippen LogP contribution in [0.3, 0.4) is 0 Å². The summed E-state index contributed by atoms with van der Waals surface area (Å²) in [6.07, 6.45) is 14.0. The number of hydrogen-bond acceptors (Lipinski definition) is 3. The lowest BCUT2D eigenvalue weighted by Gasteiger charge is -2.56. The largest absolute Gasteiger partial charge is 0.501 e. The summed E-state index contributed by atoms with van der Waals surface area (Å²) >= 11 is 0. The van der Waals surface area contributed by atoms with Crippen molar-refractivity contribution in [2.45, 2.75) is 51.0 Å². The van der Waals surface area contributed by atoms with Gasteiger partial charge in [-0.15, -0.1) is 0 Å². The number of aliphatic carboxylic acids is 1. The molecule has 0 aromatic heterocycles. The standard InChI is InChI=1S/C23H30O4/c1-22-9-7-16-15-6-4-14(27-2)11-13(15)3-5-17(16)21(22)18-12-19(18)23(22,26)10-8-20(24)25/h3,8,10-11,15-19,21,26H,4-7,9,12H2,1-2H3,(H,24,25)/b10-8-/t15-,16+,17+,18-,19+,21+,22-,23-/m0/s1. The SMILES string of the molecule is COC1=CC2=CC[C@@H]3[C@H](CC[C@@]4(C)[C@H]3[C@H]3C[C@H]3[C@@]4(O)/C=C\C(=O)O)[C@H]2CC1. The first-order valence-electron chi connectivity index (χ1n) is 10.5. The Kier molecular flexibility index (Phi) is 3.72. The maximum absolute atomic E-state index is 11.6. The summed E-state index contributed by atoms with van der Waals surface area (Å²) in [6.45, 7) is 2.23. The molecule has 5 aliphatic rings. The molecule has 0 spiro atoms. The molecule has 5 rings (SSSR count). The average Bonchev–Trinajstić information content (AvgIpc) is 3.42. The summed E-state index contributed by atoms with van der Waals surface area (Å²) in [5.41, 5.74) is 0.321. The fraction of sp³-hybridized carbons (Fsp3) is 0.696. The van der Waals surface area contributed by atoms with Crippen LogP contribution in [0.4, 0.5) is 0 Å². The number of hydrogen-bond donors (Lipinski definition) is 2. The van der Waals surface area contributed by atoms with Gasteiger partial charge in [0.05, 0.1) is 18.5 Å². The predicted molar refractivity (Wildman–Crippen MR) is 102 cm³/mol. The fourth-order valence-corrected chi connectivity index (χ4v) is 7.65. The minimum Gasteiger partial charge on any atom is -0.501 e.